The Bertz CT molecular complexity index is 397. The summed E-state index contributed by atoms with van der Waals surface area (Å²) in [5.74, 6) is 0.423. The van der Waals surface area contributed by atoms with Crippen LogP contribution < -0.4 is 0 Å². The third-order valence-corrected chi connectivity index (χ3v) is 2.62. The molecule has 0 radical (unpaired) electrons. The van der Waals surface area contributed by atoms with Crippen LogP contribution in [-0.2, 0) is 0 Å². The number of hydrogen-bond donors (Lipinski definition) is 0. The molecule has 0 saturated carbocycles. The SMILES string of the molecule is CC(=Nc1ccccc1C(C)C)C(C)N=O. The second kappa shape index (κ2) is 5.54. The lowest BCUT2D eigenvalue weighted by atomic mass is 10.0. The van der Waals surface area contributed by atoms with Crippen molar-refractivity contribution in [2.45, 2.75) is 39.7 Å². The van der Waals surface area contributed by atoms with Crippen LogP contribution in [0.25, 0.3) is 0 Å². The molecule has 3 heteroatoms. The second-order valence-corrected chi connectivity index (χ2v) is 4.25. The minimum Gasteiger partial charge on any atom is -0.255 e. The molecule has 0 amide bonds. The smallest absolute Gasteiger partial charge is 0.127 e. The first-order chi connectivity index (χ1) is 7.56. The first kappa shape index (κ1) is 12.6. The van der Waals surface area contributed by atoms with Crippen LogP contribution in [0.5, 0.6) is 0 Å². The molecule has 0 aliphatic heterocycles. The Balaban J connectivity index is 3.09. The highest BCUT2D eigenvalue weighted by Crippen LogP contribution is 2.26. The monoisotopic (exact) mass is 218 g/mol. The molecule has 0 heterocycles. The van der Waals surface area contributed by atoms with Gasteiger partial charge in [-0.05, 0) is 31.4 Å². The quantitative estimate of drug-likeness (QED) is 0.555. The van der Waals surface area contributed by atoms with Gasteiger partial charge in [0, 0.05) is 5.71 Å². The van der Waals surface area contributed by atoms with E-state index in [9.17, 15) is 4.91 Å². The predicted molar refractivity (Wildman–Crippen MR) is 68.6 cm³/mol. The van der Waals surface area contributed by atoms with E-state index < -0.39 is 0 Å². The summed E-state index contributed by atoms with van der Waals surface area (Å²) in [6, 6.07) is 7.63. The molecule has 1 unspecified atom stereocenters. The van der Waals surface area contributed by atoms with Crippen LogP contribution in [0.2, 0.25) is 0 Å². The zero-order valence-corrected chi connectivity index (χ0v) is 10.3. The van der Waals surface area contributed by atoms with Gasteiger partial charge in [-0.2, -0.15) is 4.91 Å². The molecule has 0 N–H and O–H groups in total. The number of aliphatic imine (C=N–C) groups is 1. The molecule has 1 aromatic rings. The van der Waals surface area contributed by atoms with Gasteiger partial charge in [0.15, 0.2) is 0 Å². The first-order valence-corrected chi connectivity index (χ1v) is 5.52. The highest BCUT2D eigenvalue weighted by Gasteiger charge is 2.08. The van der Waals surface area contributed by atoms with E-state index in [2.05, 4.69) is 30.1 Å². The molecule has 0 spiro atoms. The lowest BCUT2D eigenvalue weighted by Gasteiger charge is -2.10. The van der Waals surface area contributed by atoms with Gasteiger partial charge in [-0.25, -0.2) is 0 Å². The van der Waals surface area contributed by atoms with Crippen molar-refractivity contribution in [3.63, 3.8) is 0 Å². The number of para-hydroxylation sites is 1. The van der Waals surface area contributed by atoms with E-state index in [1.54, 1.807) is 6.92 Å². The summed E-state index contributed by atoms with van der Waals surface area (Å²) in [5.41, 5.74) is 2.88. The van der Waals surface area contributed by atoms with Crippen molar-refractivity contribution in [1.29, 1.82) is 0 Å². The molecule has 0 fully saturated rings. The van der Waals surface area contributed by atoms with E-state index in [0.717, 1.165) is 11.4 Å². The zero-order chi connectivity index (χ0) is 12.1. The summed E-state index contributed by atoms with van der Waals surface area (Å²) in [7, 11) is 0. The summed E-state index contributed by atoms with van der Waals surface area (Å²) in [6.45, 7) is 7.85. The van der Waals surface area contributed by atoms with E-state index >= 15 is 0 Å². The summed E-state index contributed by atoms with van der Waals surface area (Å²) >= 11 is 0. The van der Waals surface area contributed by atoms with Crippen molar-refractivity contribution in [1.82, 2.24) is 0 Å². The second-order valence-electron chi connectivity index (χ2n) is 4.25. The largest absolute Gasteiger partial charge is 0.255 e. The maximum atomic E-state index is 10.4. The van der Waals surface area contributed by atoms with Gasteiger partial charge >= 0.3 is 0 Å². The van der Waals surface area contributed by atoms with Crippen molar-refractivity contribution < 1.29 is 0 Å². The van der Waals surface area contributed by atoms with Gasteiger partial charge in [0.1, 0.15) is 6.04 Å². The van der Waals surface area contributed by atoms with Gasteiger partial charge in [0.05, 0.1) is 5.69 Å². The molecule has 86 valence electrons. The Morgan fingerprint density at radius 2 is 1.81 bits per heavy atom. The summed E-state index contributed by atoms with van der Waals surface area (Å²) in [5, 5.41) is 2.98. The van der Waals surface area contributed by atoms with E-state index in [1.165, 1.54) is 5.56 Å². The van der Waals surface area contributed by atoms with Crippen LogP contribution in [0.1, 0.15) is 39.2 Å². The molecule has 1 aromatic carbocycles. The van der Waals surface area contributed by atoms with Gasteiger partial charge in [0.25, 0.3) is 0 Å². The number of nitroso groups, excluding NO2 is 1. The number of nitrogens with zero attached hydrogens (tertiary/aromatic N) is 2. The maximum absolute atomic E-state index is 10.4. The van der Waals surface area contributed by atoms with Gasteiger partial charge in [-0.3, -0.25) is 4.99 Å². The standard InChI is InChI=1S/C13H18N2O/c1-9(2)12-7-5-6-8-13(12)14-10(3)11(4)15-16/h5-9,11H,1-4H3. The molecule has 1 rings (SSSR count). The van der Waals surface area contributed by atoms with E-state index in [-0.39, 0.29) is 6.04 Å². The number of rotatable bonds is 4. The van der Waals surface area contributed by atoms with Crippen molar-refractivity contribution in [2.24, 2.45) is 10.2 Å². The Kier molecular flexibility index (Phi) is 4.35. The molecular formula is C13H18N2O. The van der Waals surface area contributed by atoms with Gasteiger partial charge in [-0.15, -0.1) is 0 Å². The average molecular weight is 218 g/mol. The Hall–Kier alpha value is -1.51. The Morgan fingerprint density at radius 3 is 2.38 bits per heavy atom. The fourth-order valence-electron chi connectivity index (χ4n) is 1.44. The van der Waals surface area contributed by atoms with Crippen LogP contribution in [0.4, 0.5) is 5.69 Å². The van der Waals surface area contributed by atoms with Gasteiger partial charge in [0.2, 0.25) is 0 Å². The summed E-state index contributed by atoms with van der Waals surface area (Å²) < 4.78 is 0. The lowest BCUT2D eigenvalue weighted by molar-refractivity contribution is 0.865. The van der Waals surface area contributed by atoms with E-state index in [0.29, 0.717) is 5.92 Å². The van der Waals surface area contributed by atoms with Crippen LogP contribution in [0.15, 0.2) is 34.4 Å². The van der Waals surface area contributed by atoms with Crippen molar-refractivity contribution in [3.8, 4) is 0 Å². The lowest BCUT2D eigenvalue weighted by Crippen LogP contribution is -2.09. The van der Waals surface area contributed by atoms with Crippen LogP contribution in [0.3, 0.4) is 0 Å². The highest BCUT2D eigenvalue weighted by atomic mass is 16.3. The summed E-state index contributed by atoms with van der Waals surface area (Å²) in [6.07, 6.45) is 0. The molecule has 3 nitrogen and oxygen atoms in total. The van der Waals surface area contributed by atoms with E-state index in [1.807, 2.05) is 25.1 Å². The van der Waals surface area contributed by atoms with E-state index in [4.69, 9.17) is 0 Å². The third kappa shape index (κ3) is 2.99. The normalized spacial score (nSPS) is 13.9. The Labute approximate surface area is 96.6 Å². The topological polar surface area (TPSA) is 41.8 Å². The minimum absolute atomic E-state index is 0.361. The molecular weight excluding hydrogens is 200 g/mol. The van der Waals surface area contributed by atoms with Gasteiger partial charge < -0.3 is 0 Å². The number of benzene rings is 1. The van der Waals surface area contributed by atoms with Crippen molar-refractivity contribution >= 4 is 11.4 Å². The van der Waals surface area contributed by atoms with Crippen LogP contribution >= 0.6 is 0 Å². The van der Waals surface area contributed by atoms with Gasteiger partial charge in [-0.1, -0.05) is 37.2 Å². The molecule has 1 atom stereocenters. The fourth-order valence-corrected chi connectivity index (χ4v) is 1.44. The van der Waals surface area contributed by atoms with Crippen molar-refractivity contribution in [3.05, 3.63) is 34.7 Å². The molecule has 0 aromatic heterocycles. The van der Waals surface area contributed by atoms with Crippen molar-refractivity contribution in [2.75, 3.05) is 0 Å². The molecule has 0 aliphatic rings. The van der Waals surface area contributed by atoms with Crippen LogP contribution in [-0.4, -0.2) is 11.8 Å². The average Bonchev–Trinajstić information content (AvgIpc) is 2.28. The van der Waals surface area contributed by atoms with Crippen LogP contribution in [0, 0.1) is 4.91 Å². The molecule has 0 bridgehead atoms. The zero-order valence-electron chi connectivity index (χ0n) is 10.3. The maximum Gasteiger partial charge on any atom is 0.127 e. The molecule has 0 aliphatic carbocycles. The fraction of sp³-hybridized carbons (Fsp3) is 0.462. The third-order valence-electron chi connectivity index (χ3n) is 2.62. The summed E-state index contributed by atoms with van der Waals surface area (Å²) in [4.78, 5) is 14.9. The molecule has 0 saturated heterocycles. The predicted octanol–water partition coefficient (Wildman–Crippen LogP) is 4.06. The Morgan fingerprint density at radius 1 is 1.19 bits per heavy atom. The molecule has 16 heavy (non-hydrogen) atoms. The number of hydrogen-bond acceptors (Lipinski definition) is 3. The first-order valence-electron chi connectivity index (χ1n) is 5.52. The minimum atomic E-state index is -0.361. The highest BCUT2D eigenvalue weighted by molar-refractivity contribution is 5.89.